The van der Waals surface area contributed by atoms with Gasteiger partial charge in [-0.05, 0) is 37.6 Å². The molecule has 3 nitrogen and oxygen atoms in total. The van der Waals surface area contributed by atoms with E-state index in [1.165, 1.54) is 24.8 Å². The number of rotatable bonds is 5. The SMILES string of the molecule is CSC1CCCC1NCCc1cnn(C)c1. The van der Waals surface area contributed by atoms with E-state index >= 15 is 0 Å². The Hall–Kier alpha value is -0.480. The van der Waals surface area contributed by atoms with Crippen LogP contribution in [0.1, 0.15) is 24.8 Å². The van der Waals surface area contributed by atoms with E-state index < -0.39 is 0 Å². The van der Waals surface area contributed by atoms with Gasteiger partial charge < -0.3 is 5.32 Å². The van der Waals surface area contributed by atoms with E-state index in [2.05, 4.69) is 22.9 Å². The number of aromatic nitrogens is 2. The normalized spacial score (nSPS) is 25.1. The molecule has 1 fully saturated rings. The monoisotopic (exact) mass is 239 g/mol. The first kappa shape index (κ1) is 12.0. The minimum Gasteiger partial charge on any atom is -0.313 e. The maximum atomic E-state index is 4.18. The van der Waals surface area contributed by atoms with Gasteiger partial charge >= 0.3 is 0 Å². The third kappa shape index (κ3) is 3.01. The van der Waals surface area contributed by atoms with Gasteiger partial charge in [-0.1, -0.05) is 6.42 Å². The summed E-state index contributed by atoms with van der Waals surface area (Å²) in [5, 5.41) is 8.69. The van der Waals surface area contributed by atoms with Crippen LogP contribution < -0.4 is 5.32 Å². The Labute approximate surface area is 102 Å². The van der Waals surface area contributed by atoms with Crippen LogP contribution in [-0.4, -0.2) is 33.9 Å². The Bertz CT molecular complexity index is 324. The Kier molecular flexibility index (Phi) is 4.29. The fraction of sp³-hybridized carbons (Fsp3) is 0.750. The summed E-state index contributed by atoms with van der Waals surface area (Å²) in [5.74, 6) is 0. The molecule has 1 aliphatic carbocycles. The van der Waals surface area contributed by atoms with Gasteiger partial charge in [0.1, 0.15) is 0 Å². The van der Waals surface area contributed by atoms with Crippen LogP contribution in [0, 0.1) is 0 Å². The van der Waals surface area contributed by atoms with Gasteiger partial charge in [-0.25, -0.2) is 0 Å². The maximum Gasteiger partial charge on any atom is 0.0522 e. The summed E-state index contributed by atoms with van der Waals surface area (Å²) in [4.78, 5) is 0. The van der Waals surface area contributed by atoms with Crippen LogP contribution in [0.3, 0.4) is 0 Å². The highest BCUT2D eigenvalue weighted by molar-refractivity contribution is 7.99. The minimum absolute atomic E-state index is 0.728. The highest BCUT2D eigenvalue weighted by Gasteiger charge is 2.25. The zero-order chi connectivity index (χ0) is 11.4. The Morgan fingerprint density at radius 2 is 2.44 bits per heavy atom. The summed E-state index contributed by atoms with van der Waals surface area (Å²) in [6, 6.07) is 0.728. The predicted octanol–water partition coefficient (Wildman–Crippen LogP) is 1.84. The molecule has 0 aliphatic heterocycles. The predicted molar refractivity (Wildman–Crippen MR) is 69.9 cm³/mol. The minimum atomic E-state index is 0.728. The average Bonchev–Trinajstić information content (AvgIpc) is 2.87. The lowest BCUT2D eigenvalue weighted by Crippen LogP contribution is -2.35. The second-order valence-electron chi connectivity index (χ2n) is 4.54. The van der Waals surface area contributed by atoms with Crippen LogP contribution in [0.5, 0.6) is 0 Å². The van der Waals surface area contributed by atoms with E-state index in [0.29, 0.717) is 0 Å². The smallest absolute Gasteiger partial charge is 0.0522 e. The van der Waals surface area contributed by atoms with Gasteiger partial charge in [0.25, 0.3) is 0 Å². The third-order valence-electron chi connectivity index (χ3n) is 3.33. The summed E-state index contributed by atoms with van der Waals surface area (Å²) < 4.78 is 1.87. The number of thioether (sulfide) groups is 1. The molecule has 0 bridgehead atoms. The third-order valence-corrected chi connectivity index (χ3v) is 4.50. The molecule has 90 valence electrons. The van der Waals surface area contributed by atoms with Crippen LogP contribution >= 0.6 is 11.8 Å². The number of hydrogen-bond acceptors (Lipinski definition) is 3. The molecule has 0 amide bonds. The molecule has 2 rings (SSSR count). The van der Waals surface area contributed by atoms with Gasteiger partial charge in [-0.2, -0.15) is 16.9 Å². The summed E-state index contributed by atoms with van der Waals surface area (Å²) in [6.45, 7) is 1.08. The van der Waals surface area contributed by atoms with Crippen molar-refractivity contribution in [1.29, 1.82) is 0 Å². The Morgan fingerprint density at radius 3 is 3.12 bits per heavy atom. The van der Waals surface area contributed by atoms with E-state index in [-0.39, 0.29) is 0 Å². The zero-order valence-corrected chi connectivity index (χ0v) is 11.0. The molecule has 0 spiro atoms. The largest absolute Gasteiger partial charge is 0.313 e. The molecule has 1 aromatic heterocycles. The first-order valence-electron chi connectivity index (χ1n) is 6.03. The van der Waals surface area contributed by atoms with Gasteiger partial charge in [0.15, 0.2) is 0 Å². The molecular formula is C12H21N3S. The first-order valence-corrected chi connectivity index (χ1v) is 7.32. The highest BCUT2D eigenvalue weighted by Crippen LogP contribution is 2.28. The zero-order valence-electron chi connectivity index (χ0n) is 10.1. The molecule has 1 heterocycles. The summed E-state index contributed by atoms with van der Waals surface area (Å²) >= 11 is 2.01. The lowest BCUT2D eigenvalue weighted by atomic mass is 10.2. The fourth-order valence-electron chi connectivity index (χ4n) is 2.44. The van der Waals surface area contributed by atoms with Gasteiger partial charge in [0.05, 0.1) is 6.20 Å². The van der Waals surface area contributed by atoms with Gasteiger partial charge in [-0.15, -0.1) is 0 Å². The number of hydrogen-bond donors (Lipinski definition) is 1. The Balaban J connectivity index is 1.71. The number of aryl methyl sites for hydroxylation is 1. The molecule has 2 unspecified atom stereocenters. The lowest BCUT2D eigenvalue weighted by molar-refractivity contribution is 0.535. The average molecular weight is 239 g/mol. The van der Waals surface area contributed by atoms with Crippen LogP contribution in [0.25, 0.3) is 0 Å². The maximum absolute atomic E-state index is 4.18. The summed E-state index contributed by atoms with van der Waals surface area (Å²) in [5.41, 5.74) is 1.33. The molecule has 1 aromatic rings. The second kappa shape index (κ2) is 5.73. The van der Waals surface area contributed by atoms with Gasteiger partial charge in [-0.3, -0.25) is 4.68 Å². The Morgan fingerprint density at radius 1 is 1.56 bits per heavy atom. The van der Waals surface area contributed by atoms with Crippen molar-refractivity contribution in [1.82, 2.24) is 15.1 Å². The van der Waals surface area contributed by atoms with Crippen LogP contribution in [-0.2, 0) is 13.5 Å². The molecule has 0 saturated heterocycles. The topological polar surface area (TPSA) is 29.9 Å². The van der Waals surface area contributed by atoms with Crippen molar-refractivity contribution in [3.8, 4) is 0 Å². The molecule has 2 atom stereocenters. The van der Waals surface area contributed by atoms with E-state index in [4.69, 9.17) is 0 Å². The van der Waals surface area contributed by atoms with Crippen LogP contribution in [0.4, 0.5) is 0 Å². The molecule has 1 saturated carbocycles. The molecule has 16 heavy (non-hydrogen) atoms. The van der Waals surface area contributed by atoms with Gasteiger partial charge in [0.2, 0.25) is 0 Å². The number of nitrogens with zero attached hydrogens (tertiary/aromatic N) is 2. The lowest BCUT2D eigenvalue weighted by Gasteiger charge is -2.18. The van der Waals surface area contributed by atoms with Crippen molar-refractivity contribution in [2.45, 2.75) is 37.0 Å². The first-order chi connectivity index (χ1) is 7.79. The van der Waals surface area contributed by atoms with E-state index in [1.54, 1.807) is 0 Å². The molecule has 0 aromatic carbocycles. The molecule has 1 aliphatic rings. The second-order valence-corrected chi connectivity index (χ2v) is 5.61. The van der Waals surface area contributed by atoms with Crippen molar-refractivity contribution in [2.75, 3.05) is 12.8 Å². The van der Waals surface area contributed by atoms with Crippen molar-refractivity contribution in [3.63, 3.8) is 0 Å². The molecular weight excluding hydrogens is 218 g/mol. The standard InChI is InChI=1S/C12H21N3S/c1-15-9-10(8-14-15)6-7-13-11-4-3-5-12(11)16-2/h8-9,11-13H,3-7H2,1-2H3. The summed E-state index contributed by atoms with van der Waals surface area (Å²) in [6.07, 6.45) is 11.5. The van der Waals surface area contributed by atoms with Crippen molar-refractivity contribution in [2.24, 2.45) is 7.05 Å². The molecule has 1 N–H and O–H groups in total. The highest BCUT2D eigenvalue weighted by atomic mass is 32.2. The van der Waals surface area contributed by atoms with Crippen LogP contribution in [0.15, 0.2) is 12.4 Å². The quantitative estimate of drug-likeness (QED) is 0.850. The van der Waals surface area contributed by atoms with Gasteiger partial charge in [0, 0.05) is 24.5 Å². The van der Waals surface area contributed by atoms with Crippen molar-refractivity contribution in [3.05, 3.63) is 18.0 Å². The van der Waals surface area contributed by atoms with Crippen molar-refractivity contribution < 1.29 is 0 Å². The van der Waals surface area contributed by atoms with E-state index in [1.807, 2.05) is 29.7 Å². The number of nitrogens with one attached hydrogen (secondary N) is 1. The molecule has 4 heteroatoms. The fourth-order valence-corrected chi connectivity index (χ4v) is 3.41. The summed E-state index contributed by atoms with van der Waals surface area (Å²) in [7, 11) is 1.97. The van der Waals surface area contributed by atoms with E-state index in [0.717, 1.165) is 24.3 Å². The molecule has 0 radical (unpaired) electrons. The van der Waals surface area contributed by atoms with Crippen LogP contribution in [0.2, 0.25) is 0 Å². The van der Waals surface area contributed by atoms with E-state index in [9.17, 15) is 0 Å². The van der Waals surface area contributed by atoms with Crippen molar-refractivity contribution >= 4 is 11.8 Å².